The Morgan fingerprint density at radius 1 is 1.17 bits per heavy atom. The number of nitro groups is 1. The number of ketones is 1. The van der Waals surface area contributed by atoms with Crippen molar-refractivity contribution in [2.75, 3.05) is 19.6 Å². The second kappa shape index (κ2) is 8.22. The van der Waals surface area contributed by atoms with Crippen LogP contribution in [0.1, 0.15) is 6.42 Å². The van der Waals surface area contributed by atoms with Crippen LogP contribution in [0, 0.1) is 10.1 Å². The quantitative estimate of drug-likeness (QED) is 0.254. The van der Waals surface area contributed by atoms with Gasteiger partial charge in [0.2, 0.25) is 11.5 Å². The van der Waals surface area contributed by atoms with Gasteiger partial charge in [0.15, 0.2) is 0 Å². The van der Waals surface area contributed by atoms with Gasteiger partial charge in [-0.1, -0.05) is 0 Å². The molecule has 0 heterocycles. The van der Waals surface area contributed by atoms with E-state index in [0.29, 0.717) is 5.69 Å². The minimum absolute atomic E-state index is 0.130. The van der Waals surface area contributed by atoms with Crippen LogP contribution in [-0.2, 0) is 23.9 Å². The van der Waals surface area contributed by atoms with Gasteiger partial charge in [-0.3, -0.25) is 25.1 Å². The van der Waals surface area contributed by atoms with E-state index in [2.05, 4.69) is 20.0 Å². The molecule has 0 saturated carbocycles. The maximum absolute atomic E-state index is 11.8. The number of non-ortho nitro benzene ring substituents is 1. The van der Waals surface area contributed by atoms with Crippen LogP contribution in [-0.4, -0.2) is 42.6 Å². The van der Waals surface area contributed by atoms with Gasteiger partial charge in [0, 0.05) is 12.1 Å². The normalized spacial score (nSPS) is 10.6. The highest BCUT2D eigenvalue weighted by molar-refractivity contribution is 6.65. The Labute approximate surface area is 130 Å². The Morgan fingerprint density at radius 2 is 1.78 bits per heavy atom. The lowest BCUT2D eigenvalue weighted by molar-refractivity contribution is -0.384. The number of anilines is 1. The second-order valence-corrected chi connectivity index (χ2v) is 4.04. The molecule has 0 aliphatic rings. The largest absolute Gasteiger partial charge is 0.469 e. The van der Waals surface area contributed by atoms with E-state index in [9.17, 15) is 24.5 Å². The van der Waals surface area contributed by atoms with Crippen molar-refractivity contribution in [3.63, 3.8) is 0 Å². The first-order valence-corrected chi connectivity index (χ1v) is 6.15. The summed E-state index contributed by atoms with van der Waals surface area (Å²) in [4.78, 5) is 44.4. The van der Waals surface area contributed by atoms with Gasteiger partial charge in [0.05, 0.1) is 24.8 Å². The smallest absolute Gasteiger partial charge is 0.362 e. The minimum Gasteiger partial charge on any atom is -0.469 e. The fourth-order valence-corrected chi connectivity index (χ4v) is 1.38. The zero-order valence-corrected chi connectivity index (χ0v) is 12.3. The van der Waals surface area contributed by atoms with Crippen LogP contribution >= 0.6 is 0 Å². The first-order chi connectivity index (χ1) is 10.9. The van der Waals surface area contributed by atoms with Gasteiger partial charge in [-0.15, -0.1) is 0 Å². The molecule has 1 aromatic rings. The van der Waals surface area contributed by atoms with Crippen LogP contribution in [0.25, 0.3) is 0 Å². The Morgan fingerprint density at radius 3 is 2.26 bits per heavy atom. The number of ether oxygens (including phenoxy) is 2. The van der Waals surface area contributed by atoms with Crippen LogP contribution in [0.2, 0.25) is 0 Å². The average Bonchev–Trinajstić information content (AvgIpc) is 2.54. The van der Waals surface area contributed by atoms with E-state index in [4.69, 9.17) is 0 Å². The van der Waals surface area contributed by atoms with Crippen LogP contribution in [0.15, 0.2) is 29.4 Å². The summed E-state index contributed by atoms with van der Waals surface area (Å²) in [7, 11) is 2.15. The monoisotopic (exact) mass is 323 g/mol. The van der Waals surface area contributed by atoms with E-state index in [0.717, 1.165) is 14.2 Å². The molecule has 10 nitrogen and oxygen atoms in total. The molecule has 23 heavy (non-hydrogen) atoms. The van der Waals surface area contributed by atoms with Crippen molar-refractivity contribution in [2.45, 2.75) is 6.42 Å². The summed E-state index contributed by atoms with van der Waals surface area (Å²) >= 11 is 0. The Hall–Kier alpha value is -3.30. The van der Waals surface area contributed by atoms with Crippen LogP contribution in [0.4, 0.5) is 11.4 Å². The summed E-state index contributed by atoms with van der Waals surface area (Å²) < 4.78 is 8.75. The number of benzene rings is 1. The maximum Gasteiger partial charge on any atom is 0.362 e. The van der Waals surface area contributed by atoms with E-state index in [-0.39, 0.29) is 5.69 Å². The molecule has 10 heteroatoms. The number of nitrogens with zero attached hydrogens (tertiary/aromatic N) is 2. The molecule has 0 spiro atoms. The van der Waals surface area contributed by atoms with Crippen molar-refractivity contribution in [3.8, 4) is 0 Å². The third kappa shape index (κ3) is 5.19. The molecule has 0 fully saturated rings. The van der Waals surface area contributed by atoms with E-state index >= 15 is 0 Å². The molecule has 0 aliphatic carbocycles. The Kier molecular flexibility index (Phi) is 6.34. The average molecular weight is 323 g/mol. The van der Waals surface area contributed by atoms with Crippen molar-refractivity contribution in [2.24, 2.45) is 5.10 Å². The SMILES string of the molecule is COC(=O)CC(=O)/C(=N\Nc1ccc([N+](=O)[O-])cc1)C(=O)OC. The number of nitro benzene ring substituents is 1. The summed E-state index contributed by atoms with van der Waals surface area (Å²) in [6.45, 7) is 0. The molecule has 0 bridgehead atoms. The zero-order chi connectivity index (χ0) is 17.4. The molecule has 1 N–H and O–H groups in total. The number of nitrogens with one attached hydrogen (secondary N) is 1. The first-order valence-electron chi connectivity index (χ1n) is 6.15. The van der Waals surface area contributed by atoms with Crippen molar-refractivity contribution >= 4 is 34.8 Å². The van der Waals surface area contributed by atoms with Crippen molar-refractivity contribution in [3.05, 3.63) is 34.4 Å². The van der Waals surface area contributed by atoms with E-state index in [1.54, 1.807) is 0 Å². The number of rotatable bonds is 7. The lowest BCUT2D eigenvalue weighted by atomic mass is 10.2. The maximum atomic E-state index is 11.8. The molecule has 1 rings (SSSR count). The Bertz CT molecular complexity index is 652. The minimum atomic E-state index is -1.03. The molecule has 122 valence electrons. The zero-order valence-electron chi connectivity index (χ0n) is 12.3. The predicted octanol–water partition coefficient (Wildman–Crippen LogP) is 0.668. The van der Waals surface area contributed by atoms with E-state index in [1.165, 1.54) is 24.3 Å². The molecule has 0 unspecified atom stereocenters. The molecule has 0 radical (unpaired) electrons. The van der Waals surface area contributed by atoms with Gasteiger partial charge < -0.3 is 9.47 Å². The number of carbonyl (C=O) groups excluding carboxylic acids is 3. The fraction of sp³-hybridized carbons (Fsp3) is 0.231. The molecule has 0 aromatic heterocycles. The number of hydrogen-bond donors (Lipinski definition) is 1. The summed E-state index contributed by atoms with van der Waals surface area (Å²) in [5.41, 5.74) is 1.93. The van der Waals surface area contributed by atoms with E-state index in [1.807, 2.05) is 0 Å². The van der Waals surface area contributed by atoms with Crippen molar-refractivity contribution in [1.29, 1.82) is 0 Å². The van der Waals surface area contributed by atoms with Crippen molar-refractivity contribution in [1.82, 2.24) is 0 Å². The molecular formula is C13H13N3O7. The lowest BCUT2D eigenvalue weighted by Gasteiger charge is -2.05. The van der Waals surface area contributed by atoms with E-state index < -0.39 is 34.8 Å². The summed E-state index contributed by atoms with van der Waals surface area (Å²) in [6.07, 6.45) is -0.674. The first kappa shape index (κ1) is 17.8. The topological polar surface area (TPSA) is 137 Å². The standard InChI is InChI=1S/C13H13N3O7/c1-22-11(18)7-10(17)12(13(19)23-2)15-14-8-3-5-9(6-4-8)16(20)21/h3-6,14H,7H2,1-2H3/b15-12+. The summed E-state index contributed by atoms with van der Waals surface area (Å²) in [5, 5.41) is 14.1. The number of Topliss-reactive ketones (excluding diaryl/α,β-unsaturated/α-hetero) is 1. The number of esters is 2. The second-order valence-electron chi connectivity index (χ2n) is 4.04. The van der Waals surface area contributed by atoms with Gasteiger partial charge in [0.1, 0.15) is 6.42 Å². The van der Waals surface area contributed by atoms with Gasteiger partial charge in [-0.2, -0.15) is 5.10 Å². The van der Waals surface area contributed by atoms with Gasteiger partial charge in [-0.25, -0.2) is 4.79 Å². The number of carbonyl (C=O) groups is 3. The van der Waals surface area contributed by atoms with Crippen LogP contribution in [0.3, 0.4) is 0 Å². The van der Waals surface area contributed by atoms with Crippen LogP contribution in [0.5, 0.6) is 0 Å². The van der Waals surface area contributed by atoms with Crippen LogP contribution < -0.4 is 5.43 Å². The number of hydrogen-bond acceptors (Lipinski definition) is 9. The molecule has 0 atom stereocenters. The Balaban J connectivity index is 2.92. The molecule has 1 aromatic carbocycles. The third-order valence-corrected chi connectivity index (χ3v) is 2.55. The lowest BCUT2D eigenvalue weighted by Crippen LogP contribution is -2.28. The van der Waals surface area contributed by atoms with Crippen molar-refractivity contribution < 1.29 is 28.8 Å². The predicted molar refractivity (Wildman–Crippen MR) is 77.8 cm³/mol. The summed E-state index contributed by atoms with van der Waals surface area (Å²) in [6, 6.07) is 5.10. The molecule has 0 amide bonds. The highest BCUT2D eigenvalue weighted by Gasteiger charge is 2.24. The highest BCUT2D eigenvalue weighted by atomic mass is 16.6. The highest BCUT2D eigenvalue weighted by Crippen LogP contribution is 2.15. The molecule has 0 saturated heterocycles. The molecule has 0 aliphatic heterocycles. The number of hydrazone groups is 1. The van der Waals surface area contributed by atoms with Gasteiger partial charge in [0.25, 0.3) is 5.69 Å². The number of methoxy groups -OCH3 is 2. The summed E-state index contributed by atoms with van der Waals surface area (Å²) in [5.74, 6) is -2.76. The van der Waals surface area contributed by atoms with Gasteiger partial charge >= 0.3 is 11.9 Å². The molecular weight excluding hydrogens is 310 g/mol. The fourth-order valence-electron chi connectivity index (χ4n) is 1.38. The van der Waals surface area contributed by atoms with Gasteiger partial charge in [-0.05, 0) is 12.1 Å². The third-order valence-electron chi connectivity index (χ3n) is 2.55.